The van der Waals surface area contributed by atoms with Crippen molar-refractivity contribution < 1.29 is 5.11 Å². The van der Waals surface area contributed by atoms with Crippen LogP contribution in [0.5, 0.6) is 5.75 Å². The normalized spacial score (nSPS) is 9.09. The van der Waals surface area contributed by atoms with Gasteiger partial charge in [-0.2, -0.15) is 5.26 Å². The van der Waals surface area contributed by atoms with Crippen molar-refractivity contribution in [2.45, 2.75) is 13.3 Å². The first-order valence-electron chi connectivity index (χ1n) is 3.50. The van der Waals surface area contributed by atoms with Gasteiger partial charge in [0.15, 0.2) is 0 Å². The molecule has 11 heavy (non-hydrogen) atoms. The molecule has 0 radical (unpaired) electrons. The maximum Gasteiger partial charge on any atom is 0.118 e. The molecule has 1 aromatic carbocycles. The summed E-state index contributed by atoms with van der Waals surface area (Å²) in [7, 11) is 0. The van der Waals surface area contributed by atoms with Crippen molar-refractivity contribution >= 4 is 0 Å². The topological polar surface area (TPSA) is 44.0 Å². The van der Waals surface area contributed by atoms with Gasteiger partial charge >= 0.3 is 0 Å². The molecule has 0 atom stereocenters. The summed E-state index contributed by atoms with van der Waals surface area (Å²) in [5.41, 5.74) is 1.42. The van der Waals surface area contributed by atoms with Crippen molar-refractivity contribution in [3.63, 3.8) is 0 Å². The fourth-order valence-electron chi connectivity index (χ4n) is 0.938. The molecule has 1 aromatic rings. The number of rotatable bonds is 1. The summed E-state index contributed by atoms with van der Waals surface area (Å²) in [6.45, 7) is 1.94. The predicted molar refractivity (Wildman–Crippen MR) is 42.2 cm³/mol. The first kappa shape index (κ1) is 7.62. The zero-order chi connectivity index (χ0) is 8.27. The minimum Gasteiger partial charge on any atom is -0.508 e. The number of phenolic OH excluding ortho intramolecular Hbond substituents is 1. The van der Waals surface area contributed by atoms with E-state index in [-0.39, 0.29) is 5.75 Å². The van der Waals surface area contributed by atoms with Crippen LogP contribution in [0, 0.1) is 11.3 Å². The van der Waals surface area contributed by atoms with Crippen LogP contribution in [0.4, 0.5) is 0 Å². The highest BCUT2D eigenvalue weighted by Crippen LogP contribution is 2.17. The Kier molecular flexibility index (Phi) is 2.12. The number of aromatic hydroxyl groups is 1. The van der Waals surface area contributed by atoms with E-state index in [9.17, 15) is 5.11 Å². The van der Waals surface area contributed by atoms with Gasteiger partial charge in [0.2, 0.25) is 0 Å². The molecule has 0 saturated heterocycles. The minimum atomic E-state index is 0.270. The standard InChI is InChI=1S/C9H9NO/c1-2-8-5-7(6-10)3-4-9(8)11/h3-5,11H,2H2,1H3. The molecule has 56 valence electrons. The highest BCUT2D eigenvalue weighted by molar-refractivity contribution is 5.41. The summed E-state index contributed by atoms with van der Waals surface area (Å²) >= 11 is 0. The van der Waals surface area contributed by atoms with Gasteiger partial charge in [-0.3, -0.25) is 0 Å². The highest BCUT2D eigenvalue weighted by atomic mass is 16.3. The van der Waals surface area contributed by atoms with Gasteiger partial charge in [0, 0.05) is 0 Å². The number of hydrogen-bond donors (Lipinski definition) is 1. The number of aryl methyl sites for hydroxylation is 1. The van der Waals surface area contributed by atoms with E-state index >= 15 is 0 Å². The van der Waals surface area contributed by atoms with Crippen LogP contribution in [0.2, 0.25) is 0 Å². The van der Waals surface area contributed by atoms with E-state index in [1.807, 2.05) is 13.0 Å². The Labute approximate surface area is 65.7 Å². The second-order valence-corrected chi connectivity index (χ2v) is 2.31. The molecular weight excluding hydrogens is 138 g/mol. The van der Waals surface area contributed by atoms with Crippen molar-refractivity contribution in [2.75, 3.05) is 0 Å². The molecule has 0 spiro atoms. The maximum atomic E-state index is 9.22. The van der Waals surface area contributed by atoms with Gasteiger partial charge in [0.25, 0.3) is 0 Å². The summed E-state index contributed by atoms with van der Waals surface area (Å²) in [4.78, 5) is 0. The lowest BCUT2D eigenvalue weighted by molar-refractivity contribution is 0.469. The summed E-state index contributed by atoms with van der Waals surface area (Å²) in [6, 6.07) is 6.88. The van der Waals surface area contributed by atoms with E-state index in [0.717, 1.165) is 12.0 Å². The Hall–Kier alpha value is -1.49. The first-order chi connectivity index (χ1) is 5.27. The first-order valence-corrected chi connectivity index (χ1v) is 3.50. The summed E-state index contributed by atoms with van der Waals surface area (Å²) in [5, 5.41) is 17.7. The monoisotopic (exact) mass is 147 g/mol. The lowest BCUT2D eigenvalue weighted by Gasteiger charge is -1.99. The molecule has 2 nitrogen and oxygen atoms in total. The molecule has 0 heterocycles. The van der Waals surface area contributed by atoms with E-state index in [2.05, 4.69) is 0 Å². The van der Waals surface area contributed by atoms with E-state index in [1.54, 1.807) is 18.2 Å². The summed E-state index contributed by atoms with van der Waals surface area (Å²) in [6.07, 6.45) is 0.751. The second kappa shape index (κ2) is 3.07. The molecule has 2 heteroatoms. The lowest BCUT2D eigenvalue weighted by Crippen LogP contribution is -1.82. The highest BCUT2D eigenvalue weighted by Gasteiger charge is 1.98. The summed E-state index contributed by atoms with van der Waals surface area (Å²) < 4.78 is 0. The number of nitrogens with zero attached hydrogens (tertiary/aromatic N) is 1. The van der Waals surface area contributed by atoms with Crippen molar-refractivity contribution in [3.05, 3.63) is 29.3 Å². The number of hydrogen-bond acceptors (Lipinski definition) is 2. The molecule has 0 bridgehead atoms. The van der Waals surface area contributed by atoms with Crippen molar-refractivity contribution in [2.24, 2.45) is 0 Å². The number of nitriles is 1. The van der Waals surface area contributed by atoms with Gasteiger partial charge in [0.05, 0.1) is 11.6 Å². The van der Waals surface area contributed by atoms with Gasteiger partial charge in [-0.05, 0) is 30.2 Å². The Morgan fingerprint density at radius 2 is 2.27 bits per heavy atom. The van der Waals surface area contributed by atoms with Crippen molar-refractivity contribution in [3.8, 4) is 11.8 Å². The quantitative estimate of drug-likeness (QED) is 0.658. The fraction of sp³-hybridized carbons (Fsp3) is 0.222. The third-order valence-electron chi connectivity index (χ3n) is 1.59. The average Bonchev–Trinajstić information content (AvgIpc) is 2.05. The second-order valence-electron chi connectivity index (χ2n) is 2.31. The van der Waals surface area contributed by atoms with E-state index < -0.39 is 0 Å². The van der Waals surface area contributed by atoms with Crippen molar-refractivity contribution in [1.29, 1.82) is 5.26 Å². The minimum absolute atomic E-state index is 0.270. The Balaban J connectivity index is 3.15. The van der Waals surface area contributed by atoms with Crippen LogP contribution in [0.15, 0.2) is 18.2 Å². The summed E-state index contributed by atoms with van der Waals surface area (Å²) in [5.74, 6) is 0.270. The van der Waals surface area contributed by atoms with Gasteiger partial charge in [-0.15, -0.1) is 0 Å². The van der Waals surface area contributed by atoms with E-state index in [1.165, 1.54) is 0 Å². The van der Waals surface area contributed by atoms with Gasteiger partial charge in [0.1, 0.15) is 5.75 Å². The molecule has 0 saturated carbocycles. The Morgan fingerprint density at radius 1 is 1.55 bits per heavy atom. The van der Waals surface area contributed by atoms with Crippen LogP contribution in [0.1, 0.15) is 18.1 Å². The zero-order valence-electron chi connectivity index (χ0n) is 6.33. The van der Waals surface area contributed by atoms with Crippen LogP contribution in [0.25, 0.3) is 0 Å². The molecule has 0 amide bonds. The third-order valence-corrected chi connectivity index (χ3v) is 1.59. The largest absolute Gasteiger partial charge is 0.508 e. The molecule has 0 aromatic heterocycles. The van der Waals surface area contributed by atoms with Crippen LogP contribution in [-0.4, -0.2) is 5.11 Å². The molecule has 0 aliphatic rings. The van der Waals surface area contributed by atoms with Crippen LogP contribution in [0.3, 0.4) is 0 Å². The third kappa shape index (κ3) is 1.50. The predicted octanol–water partition coefficient (Wildman–Crippen LogP) is 1.83. The average molecular weight is 147 g/mol. The van der Waals surface area contributed by atoms with Crippen LogP contribution >= 0.6 is 0 Å². The molecular formula is C9H9NO. The fourth-order valence-corrected chi connectivity index (χ4v) is 0.938. The molecule has 1 rings (SSSR count). The van der Waals surface area contributed by atoms with Gasteiger partial charge in [-0.1, -0.05) is 6.92 Å². The van der Waals surface area contributed by atoms with Crippen LogP contribution < -0.4 is 0 Å². The zero-order valence-corrected chi connectivity index (χ0v) is 6.33. The van der Waals surface area contributed by atoms with E-state index in [4.69, 9.17) is 5.26 Å². The van der Waals surface area contributed by atoms with E-state index in [0.29, 0.717) is 5.56 Å². The smallest absolute Gasteiger partial charge is 0.118 e. The molecule has 0 aliphatic heterocycles. The van der Waals surface area contributed by atoms with Gasteiger partial charge in [-0.25, -0.2) is 0 Å². The molecule has 0 aliphatic carbocycles. The Bertz CT molecular complexity index is 299. The maximum absolute atomic E-state index is 9.22. The van der Waals surface area contributed by atoms with Crippen molar-refractivity contribution in [1.82, 2.24) is 0 Å². The SMILES string of the molecule is CCc1cc(C#N)ccc1O. The van der Waals surface area contributed by atoms with Crippen LogP contribution in [-0.2, 0) is 6.42 Å². The number of benzene rings is 1. The lowest BCUT2D eigenvalue weighted by atomic mass is 10.1. The van der Waals surface area contributed by atoms with Gasteiger partial charge < -0.3 is 5.11 Å². The number of phenols is 1. The molecule has 0 unspecified atom stereocenters. The molecule has 0 fully saturated rings. The Morgan fingerprint density at radius 3 is 2.82 bits per heavy atom. The molecule has 1 N–H and O–H groups in total.